The SMILES string of the molecule is Cc1ccc(N2C(=O)CC(c3cccc4ccccc34)C3=C2CC(C)(C)CC3=O)cc1. The molecule has 3 aromatic carbocycles. The molecule has 1 aliphatic carbocycles. The average Bonchev–Trinajstić information content (AvgIpc) is 2.73. The van der Waals surface area contributed by atoms with Crippen LogP contribution in [-0.2, 0) is 9.59 Å². The molecule has 0 aromatic heterocycles. The van der Waals surface area contributed by atoms with E-state index in [1.807, 2.05) is 54.3 Å². The van der Waals surface area contributed by atoms with Gasteiger partial charge in [-0.3, -0.25) is 14.5 Å². The van der Waals surface area contributed by atoms with Gasteiger partial charge in [-0.1, -0.05) is 74.0 Å². The maximum atomic E-state index is 13.6. The molecule has 156 valence electrons. The molecule has 1 heterocycles. The molecule has 0 N–H and O–H groups in total. The molecule has 0 spiro atoms. The van der Waals surface area contributed by atoms with E-state index in [4.69, 9.17) is 0 Å². The van der Waals surface area contributed by atoms with E-state index in [0.29, 0.717) is 12.8 Å². The van der Waals surface area contributed by atoms with Crippen molar-refractivity contribution in [2.75, 3.05) is 4.90 Å². The first-order chi connectivity index (χ1) is 14.8. The lowest BCUT2D eigenvalue weighted by Crippen LogP contribution is -2.43. The summed E-state index contributed by atoms with van der Waals surface area (Å²) >= 11 is 0. The van der Waals surface area contributed by atoms with Gasteiger partial charge in [-0.15, -0.1) is 0 Å². The first-order valence-corrected chi connectivity index (χ1v) is 11.0. The van der Waals surface area contributed by atoms with Crippen molar-refractivity contribution in [1.29, 1.82) is 0 Å². The number of hydrogen-bond donors (Lipinski definition) is 0. The van der Waals surface area contributed by atoms with Crippen LogP contribution in [0.5, 0.6) is 0 Å². The zero-order valence-electron chi connectivity index (χ0n) is 18.3. The summed E-state index contributed by atoms with van der Waals surface area (Å²) in [6.45, 7) is 6.28. The van der Waals surface area contributed by atoms with Crippen molar-refractivity contribution in [3.63, 3.8) is 0 Å². The van der Waals surface area contributed by atoms with E-state index >= 15 is 0 Å². The Morgan fingerprint density at radius 2 is 1.58 bits per heavy atom. The van der Waals surface area contributed by atoms with Crippen LogP contribution in [0.2, 0.25) is 0 Å². The zero-order valence-corrected chi connectivity index (χ0v) is 18.3. The third kappa shape index (κ3) is 3.38. The fourth-order valence-corrected chi connectivity index (χ4v) is 5.23. The summed E-state index contributed by atoms with van der Waals surface area (Å²) in [4.78, 5) is 28.9. The Morgan fingerprint density at radius 3 is 2.35 bits per heavy atom. The minimum Gasteiger partial charge on any atom is -0.294 e. The fraction of sp³-hybridized carbons (Fsp3) is 0.286. The normalized spacial score (nSPS) is 20.9. The molecule has 0 radical (unpaired) electrons. The van der Waals surface area contributed by atoms with E-state index in [2.05, 4.69) is 38.1 Å². The maximum Gasteiger partial charge on any atom is 0.232 e. The molecule has 1 unspecified atom stereocenters. The summed E-state index contributed by atoms with van der Waals surface area (Å²) < 4.78 is 0. The van der Waals surface area contributed by atoms with Gasteiger partial charge in [-0.25, -0.2) is 0 Å². The summed E-state index contributed by atoms with van der Waals surface area (Å²) in [5.41, 5.74) is 4.63. The molecule has 0 bridgehead atoms. The number of fused-ring (bicyclic) bond motifs is 1. The van der Waals surface area contributed by atoms with E-state index in [-0.39, 0.29) is 23.0 Å². The first kappa shape index (κ1) is 19.7. The Balaban J connectivity index is 1.73. The van der Waals surface area contributed by atoms with Crippen molar-refractivity contribution in [2.45, 2.75) is 46.0 Å². The number of amides is 1. The van der Waals surface area contributed by atoms with Crippen molar-refractivity contribution < 1.29 is 9.59 Å². The lowest BCUT2D eigenvalue weighted by molar-refractivity contribution is -0.120. The Morgan fingerprint density at radius 1 is 0.871 bits per heavy atom. The lowest BCUT2D eigenvalue weighted by atomic mass is 9.69. The smallest absolute Gasteiger partial charge is 0.232 e. The average molecular weight is 410 g/mol. The van der Waals surface area contributed by atoms with E-state index in [1.165, 1.54) is 0 Å². The molecule has 1 atom stereocenters. The highest BCUT2D eigenvalue weighted by atomic mass is 16.2. The van der Waals surface area contributed by atoms with Gasteiger partial charge in [-0.05, 0) is 47.2 Å². The predicted molar refractivity (Wildman–Crippen MR) is 125 cm³/mol. The second kappa shape index (κ2) is 7.19. The molecule has 1 amide bonds. The highest BCUT2D eigenvalue weighted by molar-refractivity contribution is 6.08. The number of nitrogens with zero attached hydrogens (tertiary/aromatic N) is 1. The third-order valence-corrected chi connectivity index (χ3v) is 6.63. The molecule has 3 aromatic rings. The fourth-order valence-electron chi connectivity index (χ4n) is 5.23. The number of benzene rings is 3. The number of rotatable bonds is 2. The largest absolute Gasteiger partial charge is 0.294 e. The van der Waals surface area contributed by atoms with Gasteiger partial charge in [0.1, 0.15) is 0 Å². The topological polar surface area (TPSA) is 37.4 Å². The number of ketones is 1. The number of allylic oxidation sites excluding steroid dienone is 2. The first-order valence-electron chi connectivity index (χ1n) is 11.0. The molecule has 1 aliphatic heterocycles. The Labute approximate surface area is 183 Å². The van der Waals surface area contributed by atoms with Crippen LogP contribution in [-0.4, -0.2) is 11.7 Å². The highest BCUT2D eigenvalue weighted by Crippen LogP contribution is 2.49. The van der Waals surface area contributed by atoms with Crippen LogP contribution >= 0.6 is 0 Å². The minimum atomic E-state index is -0.195. The monoisotopic (exact) mass is 409 g/mol. The van der Waals surface area contributed by atoms with Gasteiger partial charge < -0.3 is 0 Å². The van der Waals surface area contributed by atoms with Crippen molar-refractivity contribution in [2.24, 2.45) is 5.41 Å². The predicted octanol–water partition coefficient (Wildman–Crippen LogP) is 6.31. The Kier molecular flexibility index (Phi) is 4.58. The van der Waals surface area contributed by atoms with Crippen LogP contribution in [0.1, 0.15) is 50.2 Å². The molecular formula is C28H27NO2. The molecule has 5 rings (SSSR count). The number of Topliss-reactive ketones (excluding diaryl/α,β-unsaturated/α-hetero) is 1. The van der Waals surface area contributed by atoms with Gasteiger partial charge >= 0.3 is 0 Å². The number of carbonyl (C=O) groups excluding carboxylic acids is 2. The van der Waals surface area contributed by atoms with Crippen LogP contribution in [0.4, 0.5) is 5.69 Å². The van der Waals surface area contributed by atoms with Gasteiger partial charge in [0, 0.05) is 35.7 Å². The Hall–Kier alpha value is -3.20. The molecule has 0 saturated heterocycles. The minimum absolute atomic E-state index is 0.0611. The number of carbonyl (C=O) groups is 2. The van der Waals surface area contributed by atoms with Gasteiger partial charge in [0.05, 0.1) is 0 Å². The van der Waals surface area contributed by atoms with E-state index in [0.717, 1.165) is 45.3 Å². The molecule has 3 nitrogen and oxygen atoms in total. The van der Waals surface area contributed by atoms with Crippen molar-refractivity contribution in [3.8, 4) is 0 Å². The van der Waals surface area contributed by atoms with Gasteiger partial charge in [-0.2, -0.15) is 0 Å². The van der Waals surface area contributed by atoms with Crippen LogP contribution in [0.25, 0.3) is 10.8 Å². The lowest BCUT2D eigenvalue weighted by Gasteiger charge is -2.43. The third-order valence-electron chi connectivity index (χ3n) is 6.63. The molecule has 31 heavy (non-hydrogen) atoms. The summed E-state index contributed by atoms with van der Waals surface area (Å²) in [5.74, 6) is 0.0405. The standard InChI is InChI=1S/C28H27NO2/c1-18-11-13-20(14-12-18)29-24-16-28(2,3)17-25(30)27(24)23(15-26(29)31)22-10-6-8-19-7-4-5-9-21(19)22/h4-14,23H,15-17H2,1-3H3. The summed E-state index contributed by atoms with van der Waals surface area (Å²) in [6, 6.07) is 22.5. The van der Waals surface area contributed by atoms with E-state index < -0.39 is 0 Å². The summed E-state index contributed by atoms with van der Waals surface area (Å²) in [6.07, 6.45) is 1.55. The molecule has 2 aliphatic rings. The Bertz CT molecular complexity index is 1230. The van der Waals surface area contributed by atoms with Crippen molar-refractivity contribution >= 4 is 28.2 Å². The molecule has 3 heteroatoms. The van der Waals surface area contributed by atoms with Crippen LogP contribution in [0.15, 0.2) is 78.0 Å². The van der Waals surface area contributed by atoms with Gasteiger partial charge in [0.25, 0.3) is 0 Å². The molecular weight excluding hydrogens is 382 g/mol. The van der Waals surface area contributed by atoms with Gasteiger partial charge in [0.2, 0.25) is 5.91 Å². The summed E-state index contributed by atoms with van der Waals surface area (Å²) in [5, 5.41) is 2.26. The zero-order chi connectivity index (χ0) is 21.8. The van der Waals surface area contributed by atoms with Crippen molar-refractivity contribution in [3.05, 3.63) is 89.1 Å². The second-order valence-electron chi connectivity index (χ2n) is 9.69. The van der Waals surface area contributed by atoms with E-state index in [9.17, 15) is 9.59 Å². The van der Waals surface area contributed by atoms with Crippen LogP contribution in [0, 0.1) is 12.3 Å². The van der Waals surface area contributed by atoms with Crippen LogP contribution < -0.4 is 4.90 Å². The summed E-state index contributed by atoms with van der Waals surface area (Å²) in [7, 11) is 0. The maximum absolute atomic E-state index is 13.6. The van der Waals surface area contributed by atoms with Crippen molar-refractivity contribution in [1.82, 2.24) is 0 Å². The van der Waals surface area contributed by atoms with Crippen LogP contribution in [0.3, 0.4) is 0 Å². The molecule has 0 saturated carbocycles. The quantitative estimate of drug-likeness (QED) is 0.497. The number of aryl methyl sites for hydroxylation is 1. The van der Waals surface area contributed by atoms with E-state index in [1.54, 1.807) is 0 Å². The second-order valence-corrected chi connectivity index (χ2v) is 9.69. The number of anilines is 1. The number of hydrogen-bond acceptors (Lipinski definition) is 2. The molecule has 0 fully saturated rings. The van der Waals surface area contributed by atoms with Gasteiger partial charge in [0.15, 0.2) is 5.78 Å². The highest BCUT2D eigenvalue weighted by Gasteiger charge is 2.44.